The summed E-state index contributed by atoms with van der Waals surface area (Å²) in [7, 11) is 2.40. The zero-order valence-corrected chi connectivity index (χ0v) is 16.8. The Morgan fingerprint density at radius 1 is 1.21 bits per heavy atom. The molecule has 1 aromatic carbocycles. The molecule has 1 aromatic heterocycles. The summed E-state index contributed by atoms with van der Waals surface area (Å²) in [5.41, 5.74) is 0.163. The molecule has 0 bridgehead atoms. The number of benzene rings is 1. The summed E-state index contributed by atoms with van der Waals surface area (Å²) in [6.07, 6.45) is 0.679. The van der Waals surface area contributed by atoms with Gasteiger partial charge in [-0.2, -0.15) is 0 Å². The molecule has 0 aliphatic carbocycles. The minimum absolute atomic E-state index is 0.0144. The van der Waals surface area contributed by atoms with Crippen LogP contribution in [0.3, 0.4) is 0 Å². The van der Waals surface area contributed by atoms with E-state index in [1.54, 1.807) is 11.3 Å². The average molecular weight is 421 g/mol. The maximum Gasteiger partial charge on any atom is 0.355 e. The van der Waals surface area contributed by atoms with Crippen molar-refractivity contribution in [2.24, 2.45) is 0 Å². The van der Waals surface area contributed by atoms with Gasteiger partial charge in [0.25, 0.3) is 0 Å². The zero-order valence-electron chi connectivity index (χ0n) is 16.0. The molecular formula is C20H20FNO6S. The summed E-state index contributed by atoms with van der Waals surface area (Å²) in [4.78, 5) is 27.1. The van der Waals surface area contributed by atoms with Gasteiger partial charge < -0.3 is 23.8 Å². The third-order valence-corrected chi connectivity index (χ3v) is 5.17. The van der Waals surface area contributed by atoms with Gasteiger partial charge in [0.15, 0.2) is 0 Å². The number of hydrogen-bond donors (Lipinski definition) is 0. The number of thiophene rings is 1. The van der Waals surface area contributed by atoms with Gasteiger partial charge in [0.05, 0.1) is 38.7 Å². The van der Waals surface area contributed by atoms with Crippen molar-refractivity contribution in [1.29, 1.82) is 0 Å². The van der Waals surface area contributed by atoms with Crippen molar-refractivity contribution in [3.8, 4) is 5.75 Å². The molecular weight excluding hydrogens is 401 g/mol. The molecule has 0 saturated heterocycles. The van der Waals surface area contributed by atoms with Gasteiger partial charge in [-0.15, -0.1) is 11.3 Å². The molecule has 0 N–H and O–H groups in total. The maximum absolute atomic E-state index is 14.0. The van der Waals surface area contributed by atoms with Crippen LogP contribution in [0.4, 0.5) is 10.1 Å². The van der Waals surface area contributed by atoms with Crippen molar-refractivity contribution < 1.29 is 32.9 Å². The largest absolute Gasteiger partial charge is 0.491 e. The minimum Gasteiger partial charge on any atom is -0.491 e. The van der Waals surface area contributed by atoms with Crippen LogP contribution >= 0.6 is 11.3 Å². The summed E-state index contributed by atoms with van der Waals surface area (Å²) in [5, 5.41) is 1.98. The molecule has 3 rings (SSSR count). The van der Waals surface area contributed by atoms with Crippen LogP contribution in [-0.4, -0.2) is 46.1 Å². The fourth-order valence-corrected chi connectivity index (χ4v) is 3.56. The Bertz CT molecular complexity index is 912. The summed E-state index contributed by atoms with van der Waals surface area (Å²) < 4.78 is 34.9. The smallest absolute Gasteiger partial charge is 0.355 e. The van der Waals surface area contributed by atoms with Crippen molar-refractivity contribution in [2.75, 3.05) is 39.1 Å². The van der Waals surface area contributed by atoms with Crippen LogP contribution in [0.2, 0.25) is 0 Å². The van der Waals surface area contributed by atoms with Crippen molar-refractivity contribution in [2.45, 2.75) is 6.42 Å². The van der Waals surface area contributed by atoms with Gasteiger partial charge in [-0.05, 0) is 23.6 Å². The highest BCUT2D eigenvalue weighted by Gasteiger charge is 2.33. The molecule has 7 nitrogen and oxygen atoms in total. The SMILES string of the molecule is COC(=O)C1=C(C(=O)OC)N(c2cc(F)ccc2OCCc2cccs2)COC1. The van der Waals surface area contributed by atoms with Crippen molar-refractivity contribution in [3.63, 3.8) is 0 Å². The van der Waals surface area contributed by atoms with E-state index in [0.717, 1.165) is 4.88 Å². The molecule has 1 aliphatic heterocycles. The van der Waals surface area contributed by atoms with Gasteiger partial charge in [0.1, 0.15) is 24.0 Å². The maximum atomic E-state index is 14.0. The predicted octanol–water partition coefficient (Wildman–Crippen LogP) is 2.90. The Balaban J connectivity index is 1.95. The number of carbonyl (C=O) groups is 2. The van der Waals surface area contributed by atoms with Crippen molar-refractivity contribution >= 4 is 29.0 Å². The van der Waals surface area contributed by atoms with Crippen molar-refractivity contribution in [3.05, 3.63) is 57.7 Å². The third-order valence-electron chi connectivity index (χ3n) is 4.23. The monoisotopic (exact) mass is 421 g/mol. The molecule has 0 atom stereocenters. The quantitative estimate of drug-likeness (QED) is 0.637. The van der Waals surface area contributed by atoms with E-state index in [1.165, 1.54) is 37.3 Å². The highest BCUT2D eigenvalue weighted by Crippen LogP contribution is 2.35. The standard InChI is InChI=1S/C20H20FNO6S/c1-25-19(23)15-11-27-12-22(18(15)20(24)26-2)16-10-13(21)5-6-17(16)28-8-7-14-4-3-9-29-14/h3-6,9-10H,7-8,11-12H2,1-2H3. The summed E-state index contributed by atoms with van der Waals surface area (Å²) >= 11 is 1.62. The van der Waals surface area contributed by atoms with Gasteiger partial charge in [0, 0.05) is 17.4 Å². The van der Waals surface area contributed by atoms with E-state index in [-0.39, 0.29) is 30.3 Å². The molecule has 1 aliphatic rings. The van der Waals surface area contributed by atoms with E-state index < -0.39 is 17.8 Å². The normalized spacial score (nSPS) is 14.0. The lowest BCUT2D eigenvalue weighted by Gasteiger charge is -2.32. The molecule has 2 aromatic rings. The summed E-state index contributed by atoms with van der Waals surface area (Å²) in [6.45, 7) is 0.141. The van der Waals surface area contributed by atoms with Crippen LogP contribution in [0.5, 0.6) is 5.75 Å². The van der Waals surface area contributed by atoms with Crippen molar-refractivity contribution in [1.82, 2.24) is 0 Å². The molecule has 0 radical (unpaired) electrons. The Hall–Kier alpha value is -2.91. The van der Waals surface area contributed by atoms with E-state index >= 15 is 0 Å². The Kier molecular flexibility index (Phi) is 6.84. The molecule has 0 amide bonds. The van der Waals surface area contributed by atoms with Gasteiger partial charge in [0.2, 0.25) is 0 Å². The number of halogens is 1. The second-order valence-corrected chi connectivity index (χ2v) is 7.04. The minimum atomic E-state index is -0.762. The predicted molar refractivity (Wildman–Crippen MR) is 104 cm³/mol. The molecule has 9 heteroatoms. The fourth-order valence-electron chi connectivity index (χ4n) is 2.87. The number of methoxy groups -OCH3 is 2. The lowest BCUT2D eigenvalue weighted by atomic mass is 10.1. The Morgan fingerprint density at radius 2 is 2.00 bits per heavy atom. The summed E-state index contributed by atoms with van der Waals surface area (Å²) in [5.74, 6) is -1.67. The van der Waals surface area contributed by atoms with E-state index in [4.69, 9.17) is 18.9 Å². The summed E-state index contributed by atoms with van der Waals surface area (Å²) in [6, 6.07) is 7.90. The van der Waals surface area contributed by atoms with E-state index in [9.17, 15) is 14.0 Å². The van der Waals surface area contributed by atoms with Crippen LogP contribution in [0, 0.1) is 5.82 Å². The topological polar surface area (TPSA) is 74.3 Å². The van der Waals surface area contributed by atoms with Gasteiger partial charge in [-0.3, -0.25) is 0 Å². The zero-order chi connectivity index (χ0) is 20.8. The van der Waals surface area contributed by atoms with E-state index in [1.807, 2.05) is 17.5 Å². The van der Waals surface area contributed by atoms with E-state index in [0.29, 0.717) is 18.8 Å². The number of nitrogens with zero attached hydrogens (tertiary/aromatic N) is 1. The first-order chi connectivity index (χ1) is 14.0. The molecule has 0 saturated carbocycles. The van der Waals surface area contributed by atoms with Gasteiger partial charge in [-0.1, -0.05) is 6.07 Å². The molecule has 0 spiro atoms. The molecule has 0 unspecified atom stereocenters. The number of hydrogen-bond acceptors (Lipinski definition) is 8. The molecule has 2 heterocycles. The van der Waals surface area contributed by atoms with E-state index in [2.05, 4.69) is 0 Å². The lowest BCUT2D eigenvalue weighted by Crippen LogP contribution is -2.39. The number of anilines is 1. The Labute approximate surface area is 171 Å². The fraction of sp³-hybridized carbons (Fsp3) is 0.300. The first kappa shape index (κ1) is 20.8. The second kappa shape index (κ2) is 9.53. The van der Waals surface area contributed by atoms with Gasteiger partial charge in [-0.25, -0.2) is 14.0 Å². The molecule has 0 fully saturated rings. The highest BCUT2D eigenvalue weighted by molar-refractivity contribution is 7.09. The second-order valence-electron chi connectivity index (χ2n) is 6.01. The Morgan fingerprint density at radius 3 is 2.69 bits per heavy atom. The van der Waals surface area contributed by atoms with Crippen LogP contribution < -0.4 is 9.64 Å². The number of esters is 2. The van der Waals surface area contributed by atoms with Crippen LogP contribution in [0.15, 0.2) is 47.0 Å². The van der Waals surface area contributed by atoms with Crippen LogP contribution in [0.25, 0.3) is 0 Å². The molecule has 29 heavy (non-hydrogen) atoms. The van der Waals surface area contributed by atoms with Crippen LogP contribution in [-0.2, 0) is 30.2 Å². The number of rotatable bonds is 7. The first-order valence-electron chi connectivity index (χ1n) is 8.75. The number of ether oxygens (including phenoxy) is 4. The number of carbonyl (C=O) groups excluding carboxylic acids is 2. The van der Waals surface area contributed by atoms with Gasteiger partial charge >= 0.3 is 11.9 Å². The lowest BCUT2D eigenvalue weighted by molar-refractivity contribution is -0.140. The van der Waals surface area contributed by atoms with Crippen LogP contribution in [0.1, 0.15) is 4.88 Å². The first-order valence-corrected chi connectivity index (χ1v) is 9.63. The average Bonchev–Trinajstić information content (AvgIpc) is 3.26. The molecule has 154 valence electrons. The highest BCUT2D eigenvalue weighted by atomic mass is 32.1. The third kappa shape index (κ3) is 4.75.